The number of nitrogens with one attached hydrogen (secondary N) is 1. The van der Waals surface area contributed by atoms with Gasteiger partial charge in [0.25, 0.3) is 0 Å². The van der Waals surface area contributed by atoms with Gasteiger partial charge in [0.1, 0.15) is 12.1 Å². The van der Waals surface area contributed by atoms with E-state index < -0.39 is 5.95 Å². The number of hydrogen-bond donors (Lipinski definition) is 1. The third kappa shape index (κ3) is 2.77. The van der Waals surface area contributed by atoms with Crippen LogP contribution in [0.2, 0.25) is 0 Å². The number of anilines is 2. The van der Waals surface area contributed by atoms with Gasteiger partial charge in [0.15, 0.2) is 0 Å². The van der Waals surface area contributed by atoms with Crippen LogP contribution in [0.15, 0.2) is 35.1 Å². The second-order valence-electron chi connectivity index (χ2n) is 3.16. The molecule has 0 spiro atoms. The van der Waals surface area contributed by atoms with E-state index in [0.29, 0.717) is 21.5 Å². The van der Waals surface area contributed by atoms with Crippen LogP contribution in [-0.4, -0.2) is 9.97 Å². The second kappa shape index (κ2) is 4.89. The minimum absolute atomic E-state index is 0.350. The summed E-state index contributed by atoms with van der Waals surface area (Å²) in [6.45, 7) is 0. The molecular formula is C11H6BrFN4. The SMILES string of the molecule is N#Cc1ccc(Nc2cc(F)ncn2)c(Br)c1. The highest BCUT2D eigenvalue weighted by atomic mass is 79.9. The van der Waals surface area contributed by atoms with E-state index in [1.54, 1.807) is 18.2 Å². The number of aromatic nitrogens is 2. The summed E-state index contributed by atoms with van der Waals surface area (Å²) in [5.41, 5.74) is 1.23. The molecule has 0 saturated heterocycles. The molecule has 2 aromatic rings. The van der Waals surface area contributed by atoms with Crippen molar-refractivity contribution in [2.75, 3.05) is 5.32 Å². The van der Waals surface area contributed by atoms with Gasteiger partial charge in [-0.2, -0.15) is 9.65 Å². The highest BCUT2D eigenvalue weighted by molar-refractivity contribution is 9.10. The van der Waals surface area contributed by atoms with Crippen LogP contribution in [0.5, 0.6) is 0 Å². The first-order valence-electron chi connectivity index (χ1n) is 4.63. The number of halogens is 2. The Morgan fingerprint density at radius 1 is 1.29 bits per heavy atom. The van der Waals surface area contributed by atoms with Gasteiger partial charge >= 0.3 is 0 Å². The normalized spacial score (nSPS) is 9.71. The summed E-state index contributed by atoms with van der Waals surface area (Å²) in [6, 6.07) is 8.24. The lowest BCUT2D eigenvalue weighted by Crippen LogP contribution is -1.96. The third-order valence-electron chi connectivity index (χ3n) is 1.99. The van der Waals surface area contributed by atoms with Crippen molar-refractivity contribution in [1.82, 2.24) is 9.97 Å². The molecule has 0 bridgehead atoms. The van der Waals surface area contributed by atoms with E-state index >= 15 is 0 Å². The molecule has 0 aliphatic heterocycles. The summed E-state index contributed by atoms with van der Waals surface area (Å²) in [5, 5.41) is 11.6. The third-order valence-corrected chi connectivity index (χ3v) is 2.65. The highest BCUT2D eigenvalue weighted by Crippen LogP contribution is 2.25. The fourth-order valence-corrected chi connectivity index (χ4v) is 1.70. The van der Waals surface area contributed by atoms with Crippen LogP contribution >= 0.6 is 15.9 Å². The largest absolute Gasteiger partial charge is 0.339 e. The molecule has 0 fully saturated rings. The van der Waals surface area contributed by atoms with Crippen LogP contribution in [-0.2, 0) is 0 Å². The van der Waals surface area contributed by atoms with Gasteiger partial charge in [-0.3, -0.25) is 0 Å². The smallest absolute Gasteiger partial charge is 0.218 e. The Balaban J connectivity index is 2.28. The fourth-order valence-electron chi connectivity index (χ4n) is 1.23. The summed E-state index contributed by atoms with van der Waals surface area (Å²) in [7, 11) is 0. The molecule has 4 nitrogen and oxygen atoms in total. The van der Waals surface area contributed by atoms with Gasteiger partial charge in [-0.25, -0.2) is 9.97 Å². The van der Waals surface area contributed by atoms with Crippen LogP contribution in [0.3, 0.4) is 0 Å². The Kier molecular flexibility index (Phi) is 3.30. The molecule has 2 rings (SSSR count). The quantitative estimate of drug-likeness (QED) is 0.865. The molecule has 0 aliphatic carbocycles. The Bertz CT molecular complexity index is 594. The predicted molar refractivity (Wildman–Crippen MR) is 64.1 cm³/mol. The summed E-state index contributed by atoms with van der Waals surface area (Å²) in [6.07, 6.45) is 1.13. The van der Waals surface area contributed by atoms with Crippen LogP contribution in [0.25, 0.3) is 0 Å². The van der Waals surface area contributed by atoms with Gasteiger partial charge in [0, 0.05) is 10.5 Å². The molecule has 0 aliphatic rings. The second-order valence-corrected chi connectivity index (χ2v) is 4.01. The lowest BCUT2D eigenvalue weighted by molar-refractivity contribution is 0.580. The van der Waals surface area contributed by atoms with Gasteiger partial charge in [-0.1, -0.05) is 0 Å². The zero-order valence-corrected chi connectivity index (χ0v) is 10.1. The van der Waals surface area contributed by atoms with Crippen molar-refractivity contribution < 1.29 is 4.39 Å². The van der Waals surface area contributed by atoms with Gasteiger partial charge < -0.3 is 5.32 Å². The van der Waals surface area contributed by atoms with E-state index in [2.05, 4.69) is 31.2 Å². The maximum atomic E-state index is 12.8. The first kappa shape index (κ1) is 11.5. The van der Waals surface area contributed by atoms with E-state index in [1.165, 1.54) is 6.07 Å². The van der Waals surface area contributed by atoms with Crippen molar-refractivity contribution in [3.8, 4) is 6.07 Å². The monoisotopic (exact) mass is 292 g/mol. The average Bonchev–Trinajstić information content (AvgIpc) is 2.32. The number of nitriles is 1. The molecule has 6 heteroatoms. The van der Waals surface area contributed by atoms with Gasteiger partial charge in [-0.15, -0.1) is 0 Å². The molecular weight excluding hydrogens is 287 g/mol. The maximum absolute atomic E-state index is 12.8. The van der Waals surface area contributed by atoms with Crippen molar-refractivity contribution in [3.05, 3.63) is 46.6 Å². The summed E-state index contributed by atoms with van der Waals surface area (Å²) >= 11 is 3.31. The van der Waals surface area contributed by atoms with Gasteiger partial charge in [0.05, 0.1) is 17.3 Å². The van der Waals surface area contributed by atoms with Crippen molar-refractivity contribution in [1.29, 1.82) is 5.26 Å². The Labute approximate surface area is 105 Å². The average molecular weight is 293 g/mol. The molecule has 1 aromatic carbocycles. The standard InChI is InChI=1S/C11H6BrFN4/c12-8-3-7(5-14)1-2-9(8)17-11-4-10(13)15-6-16-11/h1-4,6H,(H,15,16,17). The molecule has 0 radical (unpaired) electrons. The van der Waals surface area contributed by atoms with Crippen molar-refractivity contribution in [2.45, 2.75) is 0 Å². The number of benzene rings is 1. The number of nitrogens with zero attached hydrogens (tertiary/aromatic N) is 3. The Hall–Kier alpha value is -2.00. The fraction of sp³-hybridized carbons (Fsp3) is 0. The van der Waals surface area contributed by atoms with E-state index in [-0.39, 0.29) is 0 Å². The van der Waals surface area contributed by atoms with E-state index in [4.69, 9.17) is 5.26 Å². The Morgan fingerprint density at radius 3 is 2.76 bits per heavy atom. The Morgan fingerprint density at radius 2 is 2.12 bits per heavy atom. The molecule has 84 valence electrons. The van der Waals surface area contributed by atoms with E-state index in [0.717, 1.165) is 6.33 Å². The molecule has 0 unspecified atom stereocenters. The van der Waals surface area contributed by atoms with Crippen LogP contribution < -0.4 is 5.32 Å². The summed E-state index contributed by atoms with van der Waals surface area (Å²) < 4.78 is 13.5. The van der Waals surface area contributed by atoms with E-state index in [1.807, 2.05) is 6.07 Å². The molecule has 1 N–H and O–H groups in total. The van der Waals surface area contributed by atoms with Crippen LogP contribution in [0, 0.1) is 17.3 Å². The van der Waals surface area contributed by atoms with Crippen molar-refractivity contribution in [2.24, 2.45) is 0 Å². The zero-order chi connectivity index (χ0) is 12.3. The number of hydrogen-bond acceptors (Lipinski definition) is 4. The molecule has 17 heavy (non-hydrogen) atoms. The lowest BCUT2D eigenvalue weighted by Gasteiger charge is -2.07. The van der Waals surface area contributed by atoms with Gasteiger partial charge in [-0.05, 0) is 34.1 Å². The zero-order valence-electron chi connectivity index (χ0n) is 8.48. The molecule has 1 heterocycles. The topological polar surface area (TPSA) is 61.6 Å². The van der Waals surface area contributed by atoms with Crippen LogP contribution in [0.1, 0.15) is 5.56 Å². The predicted octanol–water partition coefficient (Wildman–Crippen LogP) is 2.99. The summed E-state index contributed by atoms with van der Waals surface area (Å²) in [4.78, 5) is 7.23. The first-order valence-corrected chi connectivity index (χ1v) is 5.42. The highest BCUT2D eigenvalue weighted by Gasteiger charge is 2.03. The molecule has 0 saturated carbocycles. The van der Waals surface area contributed by atoms with Crippen molar-refractivity contribution in [3.63, 3.8) is 0 Å². The lowest BCUT2D eigenvalue weighted by atomic mass is 10.2. The molecule has 1 aromatic heterocycles. The van der Waals surface area contributed by atoms with Crippen molar-refractivity contribution >= 4 is 27.4 Å². The first-order chi connectivity index (χ1) is 8.19. The van der Waals surface area contributed by atoms with Crippen LogP contribution in [0.4, 0.5) is 15.9 Å². The molecule has 0 amide bonds. The minimum atomic E-state index is -0.604. The maximum Gasteiger partial charge on any atom is 0.218 e. The molecule has 0 atom stereocenters. The number of rotatable bonds is 2. The minimum Gasteiger partial charge on any atom is -0.339 e. The van der Waals surface area contributed by atoms with E-state index in [9.17, 15) is 4.39 Å². The van der Waals surface area contributed by atoms with Gasteiger partial charge in [0.2, 0.25) is 5.95 Å². The summed E-state index contributed by atoms with van der Waals surface area (Å²) in [5.74, 6) is -0.254.